The van der Waals surface area contributed by atoms with Crippen molar-refractivity contribution in [3.05, 3.63) is 95.6 Å². The Kier molecular flexibility index (Phi) is 6.07. The van der Waals surface area contributed by atoms with Crippen molar-refractivity contribution in [3.63, 3.8) is 0 Å². The molecule has 0 aromatic heterocycles. The van der Waals surface area contributed by atoms with Gasteiger partial charge in [-0.1, -0.05) is 66.7 Å². The molecule has 1 fully saturated rings. The van der Waals surface area contributed by atoms with E-state index in [0.717, 1.165) is 16.3 Å². The van der Waals surface area contributed by atoms with Gasteiger partial charge in [0.1, 0.15) is 16.9 Å². The summed E-state index contributed by atoms with van der Waals surface area (Å²) in [6.45, 7) is 0. The SMILES string of the molecule is COC(=O)C12C=C(c3ccccc3)OC(c3ccc4ccccc4c3)=C1CC(C(=O)OC)(C(=O)OC)C2. The van der Waals surface area contributed by atoms with Crippen molar-refractivity contribution in [1.82, 2.24) is 0 Å². The average molecular weight is 499 g/mol. The lowest BCUT2D eigenvalue weighted by Crippen LogP contribution is -2.41. The van der Waals surface area contributed by atoms with Crippen LogP contribution in [-0.2, 0) is 33.3 Å². The smallest absolute Gasteiger partial charge is 0.323 e. The molecule has 1 saturated carbocycles. The molecule has 7 nitrogen and oxygen atoms in total. The van der Waals surface area contributed by atoms with Gasteiger partial charge in [0.05, 0.1) is 21.3 Å². The molecule has 1 aliphatic heterocycles. The highest BCUT2D eigenvalue weighted by Crippen LogP contribution is 2.61. The Labute approximate surface area is 214 Å². The van der Waals surface area contributed by atoms with E-state index in [4.69, 9.17) is 18.9 Å². The Morgan fingerprint density at radius 1 is 0.730 bits per heavy atom. The molecule has 1 unspecified atom stereocenters. The Morgan fingerprint density at radius 3 is 2.00 bits per heavy atom. The van der Waals surface area contributed by atoms with E-state index in [9.17, 15) is 14.4 Å². The minimum Gasteiger partial charge on any atom is -0.468 e. The normalized spacial score (nSPS) is 19.9. The van der Waals surface area contributed by atoms with Crippen LogP contribution in [-0.4, -0.2) is 39.2 Å². The first kappa shape index (κ1) is 24.3. The first-order valence-corrected chi connectivity index (χ1v) is 11.8. The maximum absolute atomic E-state index is 13.6. The molecule has 0 saturated heterocycles. The van der Waals surface area contributed by atoms with Gasteiger partial charge in [-0.2, -0.15) is 0 Å². The van der Waals surface area contributed by atoms with Crippen LogP contribution in [0.1, 0.15) is 24.0 Å². The fraction of sp³-hybridized carbons (Fsp3) is 0.233. The zero-order chi connectivity index (χ0) is 26.2. The van der Waals surface area contributed by atoms with Crippen LogP contribution in [0.3, 0.4) is 0 Å². The largest absolute Gasteiger partial charge is 0.468 e. The number of rotatable bonds is 5. The minimum absolute atomic E-state index is 0.123. The highest BCUT2D eigenvalue weighted by molar-refractivity contribution is 6.05. The Morgan fingerprint density at radius 2 is 1.35 bits per heavy atom. The van der Waals surface area contributed by atoms with Crippen molar-refractivity contribution < 1.29 is 33.3 Å². The number of hydrogen-bond acceptors (Lipinski definition) is 7. The molecule has 0 spiro atoms. The van der Waals surface area contributed by atoms with Crippen molar-refractivity contribution in [1.29, 1.82) is 0 Å². The molecule has 188 valence electrons. The third-order valence-electron chi connectivity index (χ3n) is 7.23. The lowest BCUT2D eigenvalue weighted by atomic mass is 9.76. The van der Waals surface area contributed by atoms with Crippen molar-refractivity contribution >= 4 is 40.2 Å². The second-order valence-electron chi connectivity index (χ2n) is 9.23. The topological polar surface area (TPSA) is 88.1 Å². The summed E-state index contributed by atoms with van der Waals surface area (Å²) < 4.78 is 21.9. The first-order chi connectivity index (χ1) is 17.9. The van der Waals surface area contributed by atoms with Crippen LogP contribution in [0.4, 0.5) is 0 Å². The molecule has 1 aliphatic carbocycles. The summed E-state index contributed by atoms with van der Waals surface area (Å²) in [6, 6.07) is 23.0. The maximum Gasteiger partial charge on any atom is 0.323 e. The van der Waals surface area contributed by atoms with E-state index in [2.05, 4.69) is 0 Å². The summed E-state index contributed by atoms with van der Waals surface area (Å²) in [6.07, 6.45) is 1.32. The standard InChI is InChI=1S/C30H26O7/c1-34-26(31)29-17-24(20-10-5-4-6-11-20)37-25(22-14-13-19-9-7-8-12-21(19)15-22)23(29)16-30(18-29,27(32)35-2)28(33)36-3/h4-15,17H,16,18H2,1-3H3. The number of ether oxygens (including phenoxy) is 4. The van der Waals surface area contributed by atoms with Gasteiger partial charge in [-0.05, 0) is 34.9 Å². The van der Waals surface area contributed by atoms with E-state index in [1.165, 1.54) is 21.3 Å². The first-order valence-electron chi connectivity index (χ1n) is 11.8. The lowest BCUT2D eigenvalue weighted by Gasteiger charge is -2.32. The zero-order valence-corrected chi connectivity index (χ0v) is 20.8. The molecule has 2 aliphatic rings. The molecule has 0 amide bonds. The fourth-order valence-electron chi connectivity index (χ4n) is 5.46. The second-order valence-corrected chi connectivity index (χ2v) is 9.23. The number of methoxy groups -OCH3 is 3. The van der Waals surface area contributed by atoms with Gasteiger partial charge in [0.25, 0.3) is 0 Å². The van der Waals surface area contributed by atoms with Crippen LogP contribution < -0.4 is 0 Å². The number of fused-ring (bicyclic) bond motifs is 2. The summed E-state index contributed by atoms with van der Waals surface area (Å²) >= 11 is 0. The van der Waals surface area contributed by atoms with Gasteiger partial charge in [0.15, 0.2) is 5.41 Å². The van der Waals surface area contributed by atoms with Gasteiger partial charge >= 0.3 is 17.9 Å². The third kappa shape index (κ3) is 3.78. The second kappa shape index (κ2) is 9.24. The summed E-state index contributed by atoms with van der Waals surface area (Å²) in [7, 11) is 3.70. The highest BCUT2D eigenvalue weighted by Gasteiger charge is 2.66. The van der Waals surface area contributed by atoms with Crippen LogP contribution in [0.2, 0.25) is 0 Å². The lowest BCUT2D eigenvalue weighted by molar-refractivity contribution is -0.169. The van der Waals surface area contributed by atoms with Gasteiger partial charge in [0.2, 0.25) is 0 Å². The van der Waals surface area contributed by atoms with Crippen LogP contribution in [0, 0.1) is 10.8 Å². The van der Waals surface area contributed by atoms with Crippen molar-refractivity contribution in [2.45, 2.75) is 12.8 Å². The minimum atomic E-state index is -1.75. The van der Waals surface area contributed by atoms with E-state index in [1.807, 2.05) is 72.8 Å². The van der Waals surface area contributed by atoms with Crippen molar-refractivity contribution in [2.24, 2.45) is 10.8 Å². The molecule has 37 heavy (non-hydrogen) atoms. The Hall–Kier alpha value is -4.39. The number of hydrogen-bond donors (Lipinski definition) is 0. The van der Waals surface area contributed by atoms with Gasteiger partial charge in [-0.25, -0.2) is 0 Å². The van der Waals surface area contributed by atoms with Crippen LogP contribution >= 0.6 is 0 Å². The van der Waals surface area contributed by atoms with Crippen LogP contribution in [0.5, 0.6) is 0 Å². The van der Waals surface area contributed by atoms with Gasteiger partial charge < -0.3 is 18.9 Å². The molecule has 3 aromatic carbocycles. The Balaban J connectivity index is 1.81. The predicted molar refractivity (Wildman–Crippen MR) is 137 cm³/mol. The van der Waals surface area contributed by atoms with E-state index < -0.39 is 28.7 Å². The van der Waals surface area contributed by atoms with E-state index in [-0.39, 0.29) is 12.8 Å². The quantitative estimate of drug-likeness (QED) is 0.281. The van der Waals surface area contributed by atoms with E-state index in [1.54, 1.807) is 6.08 Å². The molecule has 1 heterocycles. The van der Waals surface area contributed by atoms with Gasteiger partial charge in [-0.3, -0.25) is 14.4 Å². The molecular formula is C30H26O7. The van der Waals surface area contributed by atoms with E-state index in [0.29, 0.717) is 22.7 Å². The fourth-order valence-corrected chi connectivity index (χ4v) is 5.46. The molecule has 1 atom stereocenters. The molecule has 0 bridgehead atoms. The third-order valence-corrected chi connectivity index (χ3v) is 7.23. The van der Waals surface area contributed by atoms with Gasteiger partial charge in [-0.15, -0.1) is 0 Å². The summed E-state index contributed by atoms with van der Waals surface area (Å²) in [5.41, 5.74) is -1.31. The van der Waals surface area contributed by atoms with Crippen molar-refractivity contribution in [2.75, 3.05) is 21.3 Å². The number of carbonyl (C=O) groups is 3. The number of benzene rings is 3. The summed E-state index contributed by atoms with van der Waals surface area (Å²) in [5.74, 6) is -1.35. The number of esters is 3. The Bertz CT molecular complexity index is 1450. The van der Waals surface area contributed by atoms with Crippen LogP contribution in [0.25, 0.3) is 22.3 Å². The number of carbonyl (C=O) groups excluding carboxylic acids is 3. The van der Waals surface area contributed by atoms with E-state index >= 15 is 0 Å². The highest BCUT2D eigenvalue weighted by atomic mass is 16.5. The van der Waals surface area contributed by atoms with Gasteiger partial charge in [0, 0.05) is 17.5 Å². The molecule has 7 heteroatoms. The zero-order valence-electron chi connectivity index (χ0n) is 20.8. The van der Waals surface area contributed by atoms with Crippen molar-refractivity contribution in [3.8, 4) is 0 Å². The predicted octanol–water partition coefficient (Wildman–Crippen LogP) is 4.91. The van der Waals surface area contributed by atoms with Crippen LogP contribution in [0.15, 0.2) is 84.4 Å². The monoisotopic (exact) mass is 498 g/mol. The molecule has 3 aromatic rings. The summed E-state index contributed by atoms with van der Waals surface area (Å²) in [4.78, 5) is 39.9. The molecule has 0 N–H and O–H groups in total. The summed E-state index contributed by atoms with van der Waals surface area (Å²) in [5, 5.41) is 2.01. The maximum atomic E-state index is 13.6. The molecule has 0 radical (unpaired) electrons. The molecule has 5 rings (SSSR count). The molecular weight excluding hydrogens is 472 g/mol. The average Bonchev–Trinajstić information content (AvgIpc) is 3.33.